The van der Waals surface area contributed by atoms with Crippen LogP contribution in [0, 0.1) is 0 Å². The lowest BCUT2D eigenvalue weighted by Crippen LogP contribution is -1.85. The summed E-state index contributed by atoms with van der Waals surface area (Å²) in [6.07, 6.45) is 5.25. The molecule has 0 aliphatic rings. The third kappa shape index (κ3) is 21.6. The van der Waals surface area contributed by atoms with Crippen LogP contribution < -0.4 is 0 Å². The molecule has 0 fully saturated rings. The maximum atomic E-state index is 3.36. The maximum absolute atomic E-state index is 3.36. The van der Waals surface area contributed by atoms with Crippen molar-refractivity contribution in [2.45, 2.75) is 76.2 Å². The molecule has 0 spiro atoms. The fourth-order valence-electron chi connectivity index (χ4n) is 3.02. The fourth-order valence-corrected chi connectivity index (χ4v) is 3.02. The van der Waals surface area contributed by atoms with E-state index in [-0.39, 0.29) is 0 Å². The SMILES string of the molecule is C=CC.C=CC.C=CC.CC.CC.CC.CC.c1ccc(-c2cc(-c3ccccc3)cc(-c3ccccc3)c2)cc1. The molecular formula is C41H60. The van der Waals surface area contributed by atoms with E-state index in [1.54, 1.807) is 18.2 Å². The molecule has 0 aliphatic heterocycles. The van der Waals surface area contributed by atoms with E-state index < -0.39 is 0 Å². The molecule has 0 atom stereocenters. The van der Waals surface area contributed by atoms with Crippen molar-refractivity contribution in [2.75, 3.05) is 0 Å². The molecule has 0 amide bonds. The molecule has 0 aliphatic carbocycles. The second-order valence-electron chi connectivity index (χ2n) is 7.12. The smallest absolute Gasteiger partial charge is 0.0172 e. The van der Waals surface area contributed by atoms with Crippen LogP contribution in [0.25, 0.3) is 33.4 Å². The summed E-state index contributed by atoms with van der Waals surface area (Å²) >= 11 is 0. The predicted octanol–water partition coefficient (Wildman–Crippen LogP) is 14.4. The van der Waals surface area contributed by atoms with Gasteiger partial charge in [0.05, 0.1) is 0 Å². The fraction of sp³-hybridized carbons (Fsp3) is 0.268. The van der Waals surface area contributed by atoms with Gasteiger partial charge in [0.1, 0.15) is 0 Å². The van der Waals surface area contributed by atoms with Crippen molar-refractivity contribution in [2.24, 2.45) is 0 Å². The Balaban J connectivity index is -0.000000342. The lowest BCUT2D eigenvalue weighted by Gasteiger charge is -2.11. The van der Waals surface area contributed by atoms with Crippen molar-refractivity contribution in [1.82, 2.24) is 0 Å². The minimum absolute atomic E-state index is 1.24. The molecule has 41 heavy (non-hydrogen) atoms. The summed E-state index contributed by atoms with van der Waals surface area (Å²) in [6.45, 7) is 31.8. The van der Waals surface area contributed by atoms with Gasteiger partial charge < -0.3 is 0 Å². The first-order chi connectivity index (χ1) is 20.1. The van der Waals surface area contributed by atoms with Crippen LogP contribution in [-0.2, 0) is 0 Å². The molecule has 0 unspecified atom stereocenters. The van der Waals surface area contributed by atoms with E-state index in [1.807, 2.05) is 76.2 Å². The first-order valence-electron chi connectivity index (χ1n) is 15.2. The number of rotatable bonds is 3. The third-order valence-corrected chi connectivity index (χ3v) is 4.25. The number of benzene rings is 4. The zero-order valence-corrected chi connectivity index (χ0v) is 28.2. The van der Waals surface area contributed by atoms with Crippen molar-refractivity contribution in [1.29, 1.82) is 0 Å². The van der Waals surface area contributed by atoms with Gasteiger partial charge in [0.2, 0.25) is 0 Å². The Morgan fingerprint density at radius 1 is 0.317 bits per heavy atom. The Kier molecular flexibility index (Phi) is 38.9. The Hall–Kier alpha value is -3.90. The lowest BCUT2D eigenvalue weighted by molar-refractivity contribution is 1.50. The van der Waals surface area contributed by atoms with E-state index in [9.17, 15) is 0 Å². The van der Waals surface area contributed by atoms with Crippen LogP contribution in [0.15, 0.2) is 147 Å². The second kappa shape index (κ2) is 36.1. The molecule has 0 heterocycles. The van der Waals surface area contributed by atoms with E-state index >= 15 is 0 Å². The molecule has 4 aromatic carbocycles. The zero-order valence-electron chi connectivity index (χ0n) is 28.2. The number of allylic oxidation sites excluding steroid dienone is 3. The number of hydrogen-bond donors (Lipinski definition) is 0. The molecule has 0 N–H and O–H groups in total. The van der Waals surface area contributed by atoms with E-state index in [2.05, 4.69) is 129 Å². The van der Waals surface area contributed by atoms with Crippen LogP contribution in [0.3, 0.4) is 0 Å². The van der Waals surface area contributed by atoms with Gasteiger partial charge in [0.25, 0.3) is 0 Å². The molecule has 224 valence electrons. The van der Waals surface area contributed by atoms with Crippen molar-refractivity contribution >= 4 is 0 Å². The molecular weight excluding hydrogens is 492 g/mol. The Labute approximate surface area is 256 Å². The van der Waals surface area contributed by atoms with E-state index in [4.69, 9.17) is 0 Å². The quantitative estimate of drug-likeness (QED) is 0.222. The molecule has 0 radical (unpaired) electrons. The van der Waals surface area contributed by atoms with Crippen molar-refractivity contribution in [3.63, 3.8) is 0 Å². The molecule has 0 heteroatoms. The maximum Gasteiger partial charge on any atom is -0.0172 e. The van der Waals surface area contributed by atoms with E-state index in [1.165, 1.54) is 33.4 Å². The highest BCUT2D eigenvalue weighted by atomic mass is 14.1. The van der Waals surface area contributed by atoms with Crippen LogP contribution in [-0.4, -0.2) is 0 Å². The zero-order chi connectivity index (χ0) is 32.3. The summed E-state index contributed by atoms with van der Waals surface area (Å²) in [4.78, 5) is 0. The molecule has 0 aromatic heterocycles. The second-order valence-corrected chi connectivity index (χ2v) is 7.12. The summed E-state index contributed by atoms with van der Waals surface area (Å²) in [5.41, 5.74) is 7.47. The third-order valence-electron chi connectivity index (χ3n) is 4.25. The van der Waals surface area contributed by atoms with Crippen molar-refractivity contribution in [3.8, 4) is 33.4 Å². The van der Waals surface area contributed by atoms with Gasteiger partial charge in [-0.15, -0.1) is 19.7 Å². The topological polar surface area (TPSA) is 0 Å². The van der Waals surface area contributed by atoms with Crippen LogP contribution in [0.2, 0.25) is 0 Å². The van der Waals surface area contributed by atoms with Gasteiger partial charge in [-0.1, -0.05) is 165 Å². The molecule has 0 nitrogen and oxygen atoms in total. The summed E-state index contributed by atoms with van der Waals surface area (Å²) < 4.78 is 0. The van der Waals surface area contributed by atoms with Gasteiger partial charge >= 0.3 is 0 Å². The first kappa shape index (κ1) is 44.1. The highest BCUT2D eigenvalue weighted by Crippen LogP contribution is 2.32. The first-order valence-corrected chi connectivity index (χ1v) is 15.2. The van der Waals surface area contributed by atoms with E-state index in [0.29, 0.717) is 0 Å². The Bertz CT molecular complexity index is 905. The van der Waals surface area contributed by atoms with Gasteiger partial charge in [-0.3, -0.25) is 0 Å². The van der Waals surface area contributed by atoms with E-state index in [0.717, 1.165) is 0 Å². The molecule has 0 bridgehead atoms. The van der Waals surface area contributed by atoms with Crippen molar-refractivity contribution in [3.05, 3.63) is 147 Å². The highest BCUT2D eigenvalue weighted by molar-refractivity contribution is 5.81. The van der Waals surface area contributed by atoms with Gasteiger partial charge in [0.15, 0.2) is 0 Å². The van der Waals surface area contributed by atoms with Crippen LogP contribution in [0.5, 0.6) is 0 Å². The predicted molar refractivity (Wildman–Crippen MR) is 196 cm³/mol. The monoisotopic (exact) mass is 552 g/mol. The molecule has 4 aromatic rings. The summed E-state index contributed by atoms with van der Waals surface area (Å²) in [7, 11) is 0. The highest BCUT2D eigenvalue weighted by Gasteiger charge is 2.06. The van der Waals surface area contributed by atoms with Crippen molar-refractivity contribution < 1.29 is 0 Å². The summed E-state index contributed by atoms with van der Waals surface area (Å²) in [5, 5.41) is 0. The largest absolute Gasteiger partial charge is 0.103 e. The van der Waals surface area contributed by atoms with Crippen LogP contribution in [0.1, 0.15) is 76.2 Å². The number of hydrogen-bond acceptors (Lipinski definition) is 0. The average molecular weight is 553 g/mol. The minimum Gasteiger partial charge on any atom is -0.103 e. The summed E-state index contributed by atoms with van der Waals surface area (Å²) in [5.74, 6) is 0. The molecule has 0 saturated carbocycles. The van der Waals surface area contributed by atoms with Crippen LogP contribution in [0.4, 0.5) is 0 Å². The normalized spacial score (nSPS) is 7.68. The van der Waals surface area contributed by atoms with Crippen LogP contribution >= 0.6 is 0 Å². The Morgan fingerprint density at radius 2 is 0.463 bits per heavy atom. The van der Waals surface area contributed by atoms with Gasteiger partial charge in [0, 0.05) is 0 Å². The lowest BCUT2D eigenvalue weighted by atomic mass is 9.93. The molecule has 4 rings (SSSR count). The summed E-state index contributed by atoms with van der Waals surface area (Å²) in [6, 6.07) is 38.5. The Morgan fingerprint density at radius 3 is 0.610 bits per heavy atom. The van der Waals surface area contributed by atoms with Gasteiger partial charge in [-0.25, -0.2) is 0 Å². The standard InChI is InChI=1S/C24H18.3C3H6.4C2H6/c1-4-10-19(11-5-1)22-16-23(20-12-6-2-7-13-20)18-24(17-22)21-14-8-3-9-15-21;3*1-3-2;4*1-2/h1-18H;3*3H,1H2,2H3;4*1-2H3. The van der Waals surface area contributed by atoms with Gasteiger partial charge in [-0.2, -0.15) is 0 Å². The molecule has 0 saturated heterocycles. The average Bonchev–Trinajstić information content (AvgIpc) is 3.07. The minimum atomic E-state index is 1.24. The van der Waals surface area contributed by atoms with Gasteiger partial charge in [-0.05, 0) is 72.4 Å².